The summed E-state index contributed by atoms with van der Waals surface area (Å²) in [7, 11) is 0. The Bertz CT molecular complexity index is 456. The molecule has 3 N–H and O–H groups in total. The van der Waals surface area contributed by atoms with Gasteiger partial charge in [0, 0.05) is 25.7 Å². The molecule has 0 aliphatic carbocycles. The van der Waals surface area contributed by atoms with Crippen molar-refractivity contribution >= 4 is 11.7 Å². The van der Waals surface area contributed by atoms with Crippen LogP contribution in [-0.2, 0) is 0 Å². The van der Waals surface area contributed by atoms with Crippen LogP contribution in [0.25, 0.3) is 0 Å². The van der Waals surface area contributed by atoms with E-state index in [0.29, 0.717) is 12.2 Å². The molecule has 2 amide bonds. The summed E-state index contributed by atoms with van der Waals surface area (Å²) in [6.07, 6.45) is 1.77. The zero-order valence-electron chi connectivity index (χ0n) is 11.3. The first-order valence-corrected chi connectivity index (χ1v) is 6.85. The second-order valence-electron chi connectivity index (χ2n) is 4.86. The molecule has 110 valence electrons. The van der Waals surface area contributed by atoms with Crippen molar-refractivity contribution in [1.29, 1.82) is 0 Å². The number of rotatable bonds is 4. The Hall–Kier alpha value is -1.82. The van der Waals surface area contributed by atoms with Gasteiger partial charge in [0.05, 0.1) is 12.3 Å². The highest BCUT2D eigenvalue weighted by atomic mass is 19.1. The first kappa shape index (κ1) is 14.6. The van der Waals surface area contributed by atoms with Gasteiger partial charge < -0.3 is 20.6 Å². The van der Waals surface area contributed by atoms with Crippen molar-refractivity contribution in [3.05, 3.63) is 30.1 Å². The molecule has 1 aliphatic heterocycles. The summed E-state index contributed by atoms with van der Waals surface area (Å²) in [5, 5.41) is 14.1. The lowest BCUT2D eigenvalue weighted by Gasteiger charge is -2.34. The van der Waals surface area contributed by atoms with Crippen LogP contribution in [0.15, 0.2) is 24.3 Å². The molecule has 20 heavy (non-hydrogen) atoms. The highest BCUT2D eigenvalue weighted by Gasteiger charge is 2.22. The Balaban J connectivity index is 1.92. The molecule has 1 unspecified atom stereocenters. The van der Waals surface area contributed by atoms with E-state index < -0.39 is 0 Å². The van der Waals surface area contributed by atoms with Gasteiger partial charge in [-0.3, -0.25) is 0 Å². The molecular formula is C14H20FN3O2. The molecule has 0 spiro atoms. The average Bonchev–Trinajstić information content (AvgIpc) is 2.46. The number of amides is 2. The van der Waals surface area contributed by atoms with Gasteiger partial charge in [0.1, 0.15) is 5.82 Å². The average molecular weight is 281 g/mol. The molecule has 2 rings (SSSR count). The minimum Gasteiger partial charge on any atom is -0.395 e. The van der Waals surface area contributed by atoms with Crippen LogP contribution < -0.4 is 15.5 Å². The second kappa shape index (κ2) is 7.09. The number of hydrogen-bond acceptors (Lipinski definition) is 3. The molecule has 1 aromatic carbocycles. The fourth-order valence-electron chi connectivity index (χ4n) is 2.43. The maximum atomic E-state index is 13.8. The third kappa shape index (κ3) is 3.84. The topological polar surface area (TPSA) is 64.6 Å². The quantitative estimate of drug-likeness (QED) is 0.774. The molecule has 5 nitrogen and oxygen atoms in total. The third-order valence-corrected chi connectivity index (χ3v) is 3.35. The summed E-state index contributed by atoms with van der Waals surface area (Å²) in [4.78, 5) is 13.5. The van der Waals surface area contributed by atoms with Crippen molar-refractivity contribution in [1.82, 2.24) is 10.6 Å². The molecule has 1 fully saturated rings. The highest BCUT2D eigenvalue weighted by molar-refractivity contribution is 5.74. The summed E-state index contributed by atoms with van der Waals surface area (Å²) in [5.74, 6) is -0.238. The Morgan fingerprint density at radius 2 is 2.25 bits per heavy atom. The highest BCUT2D eigenvalue weighted by Crippen LogP contribution is 2.22. The first-order valence-electron chi connectivity index (χ1n) is 6.85. The van der Waals surface area contributed by atoms with Gasteiger partial charge in [0.15, 0.2) is 0 Å². The molecular weight excluding hydrogens is 261 g/mol. The number of hydrogen-bond donors (Lipinski definition) is 3. The number of urea groups is 1. The summed E-state index contributed by atoms with van der Waals surface area (Å²) < 4.78 is 13.8. The standard InChI is InChI=1S/C14H20FN3O2/c15-12-5-1-2-6-13(12)18-8-3-4-11(10-18)17-14(20)16-7-9-19/h1-2,5-6,11,19H,3-4,7-10H2,(H2,16,17,20). The van der Waals surface area contributed by atoms with E-state index in [1.54, 1.807) is 12.1 Å². The normalized spacial score (nSPS) is 18.7. The molecule has 1 heterocycles. The summed E-state index contributed by atoms with van der Waals surface area (Å²) >= 11 is 0. The van der Waals surface area contributed by atoms with Crippen LogP contribution in [0.5, 0.6) is 0 Å². The smallest absolute Gasteiger partial charge is 0.315 e. The number of carbonyl (C=O) groups is 1. The van der Waals surface area contributed by atoms with Gasteiger partial charge in [-0.1, -0.05) is 12.1 Å². The number of benzene rings is 1. The van der Waals surface area contributed by atoms with Crippen molar-refractivity contribution in [3.8, 4) is 0 Å². The molecule has 1 aliphatic rings. The van der Waals surface area contributed by atoms with Crippen LogP contribution in [0, 0.1) is 5.82 Å². The van der Waals surface area contributed by atoms with Gasteiger partial charge in [0.2, 0.25) is 0 Å². The van der Waals surface area contributed by atoms with Gasteiger partial charge in [-0.05, 0) is 25.0 Å². The minimum absolute atomic E-state index is 0.0120. The lowest BCUT2D eigenvalue weighted by molar-refractivity contribution is 0.229. The van der Waals surface area contributed by atoms with Crippen LogP contribution in [0.3, 0.4) is 0 Å². The number of para-hydroxylation sites is 1. The van der Waals surface area contributed by atoms with Crippen LogP contribution in [0.1, 0.15) is 12.8 Å². The Morgan fingerprint density at radius 1 is 1.45 bits per heavy atom. The van der Waals surface area contributed by atoms with E-state index in [9.17, 15) is 9.18 Å². The van der Waals surface area contributed by atoms with E-state index in [1.807, 2.05) is 11.0 Å². The number of nitrogens with one attached hydrogen (secondary N) is 2. The SMILES string of the molecule is O=C(NCCO)NC1CCCN(c2ccccc2F)C1. The van der Waals surface area contributed by atoms with Crippen LogP contribution in [-0.4, -0.2) is 43.4 Å². The molecule has 0 radical (unpaired) electrons. The third-order valence-electron chi connectivity index (χ3n) is 3.35. The van der Waals surface area contributed by atoms with E-state index in [1.165, 1.54) is 6.07 Å². The van der Waals surface area contributed by atoms with E-state index in [-0.39, 0.29) is 31.0 Å². The van der Waals surface area contributed by atoms with Crippen LogP contribution in [0.2, 0.25) is 0 Å². The molecule has 1 atom stereocenters. The Labute approximate surface area is 117 Å². The Kier molecular flexibility index (Phi) is 5.17. The lowest BCUT2D eigenvalue weighted by Crippen LogP contribution is -2.51. The lowest BCUT2D eigenvalue weighted by atomic mass is 10.0. The monoisotopic (exact) mass is 281 g/mol. The van der Waals surface area contributed by atoms with E-state index >= 15 is 0 Å². The van der Waals surface area contributed by atoms with Gasteiger partial charge >= 0.3 is 6.03 Å². The van der Waals surface area contributed by atoms with Crippen molar-refractivity contribution in [3.63, 3.8) is 0 Å². The maximum Gasteiger partial charge on any atom is 0.315 e. The van der Waals surface area contributed by atoms with E-state index in [2.05, 4.69) is 10.6 Å². The number of aliphatic hydroxyl groups excluding tert-OH is 1. The summed E-state index contributed by atoms with van der Waals surface area (Å²) in [6, 6.07) is 6.37. The van der Waals surface area contributed by atoms with Crippen molar-refractivity contribution in [2.45, 2.75) is 18.9 Å². The number of aliphatic hydroxyl groups is 1. The zero-order chi connectivity index (χ0) is 14.4. The van der Waals surface area contributed by atoms with Crippen molar-refractivity contribution < 1.29 is 14.3 Å². The predicted octanol–water partition coefficient (Wildman–Crippen LogP) is 1.09. The zero-order valence-corrected chi connectivity index (χ0v) is 11.3. The van der Waals surface area contributed by atoms with Gasteiger partial charge in [-0.15, -0.1) is 0 Å². The summed E-state index contributed by atoms with van der Waals surface area (Å²) in [5.41, 5.74) is 0.578. The van der Waals surface area contributed by atoms with Crippen molar-refractivity contribution in [2.75, 3.05) is 31.1 Å². The molecule has 0 bridgehead atoms. The Morgan fingerprint density at radius 3 is 3.00 bits per heavy atom. The fraction of sp³-hybridized carbons (Fsp3) is 0.500. The van der Waals surface area contributed by atoms with Crippen LogP contribution in [0.4, 0.5) is 14.9 Å². The molecule has 1 saturated heterocycles. The number of carbonyl (C=O) groups excluding carboxylic acids is 1. The molecule has 0 aromatic heterocycles. The van der Waals surface area contributed by atoms with E-state index in [0.717, 1.165) is 19.4 Å². The van der Waals surface area contributed by atoms with Crippen molar-refractivity contribution in [2.24, 2.45) is 0 Å². The van der Waals surface area contributed by atoms with Gasteiger partial charge in [-0.25, -0.2) is 9.18 Å². The number of halogens is 1. The fourth-order valence-corrected chi connectivity index (χ4v) is 2.43. The molecule has 0 saturated carbocycles. The predicted molar refractivity (Wildman–Crippen MR) is 75.3 cm³/mol. The minimum atomic E-state index is -0.292. The number of nitrogens with zero attached hydrogens (tertiary/aromatic N) is 1. The maximum absolute atomic E-state index is 13.8. The molecule has 6 heteroatoms. The second-order valence-corrected chi connectivity index (χ2v) is 4.86. The largest absolute Gasteiger partial charge is 0.395 e. The molecule has 1 aromatic rings. The van der Waals surface area contributed by atoms with E-state index in [4.69, 9.17) is 5.11 Å². The van der Waals surface area contributed by atoms with Crippen LogP contribution >= 0.6 is 0 Å². The number of piperidine rings is 1. The number of anilines is 1. The van der Waals surface area contributed by atoms with Gasteiger partial charge in [0.25, 0.3) is 0 Å². The summed E-state index contributed by atoms with van der Waals surface area (Å²) in [6.45, 7) is 1.53. The first-order chi connectivity index (χ1) is 9.70. The van der Waals surface area contributed by atoms with Gasteiger partial charge in [-0.2, -0.15) is 0 Å².